The topological polar surface area (TPSA) is 37.3 Å². The Morgan fingerprint density at radius 3 is 2.25 bits per heavy atom. The minimum Gasteiger partial charge on any atom is -0.478 e. The maximum atomic E-state index is 12.0. The van der Waals surface area contributed by atoms with Gasteiger partial charge in [0.05, 0.1) is 0 Å². The molecule has 2 nitrogen and oxygen atoms in total. The summed E-state index contributed by atoms with van der Waals surface area (Å²) in [5, 5.41) is 8.03. The minimum atomic E-state index is -3.07. The number of alkyl halides is 3. The number of aliphatic carboxylic acids is 1. The smallest absolute Gasteiger partial charge is 0.328 e. The molecule has 0 saturated heterocycles. The van der Waals surface area contributed by atoms with Gasteiger partial charge in [-0.3, -0.25) is 0 Å². The molecule has 0 radical (unpaired) electrons. The summed E-state index contributed by atoms with van der Waals surface area (Å²) < 4.78 is 34.9. The zero-order valence-electron chi connectivity index (χ0n) is 5.95. The highest BCUT2D eigenvalue weighted by Crippen LogP contribution is 2.06. The van der Waals surface area contributed by atoms with Crippen LogP contribution in [0.2, 0.25) is 0 Å². The SMILES string of the molecule is O=C(O)C=CC=CC(F)C(F)F. The molecular formula is C7H7F3O2. The van der Waals surface area contributed by atoms with Crippen LogP contribution < -0.4 is 0 Å². The van der Waals surface area contributed by atoms with Gasteiger partial charge >= 0.3 is 5.97 Å². The molecule has 0 aromatic rings. The fraction of sp³-hybridized carbons (Fsp3) is 0.286. The molecule has 12 heavy (non-hydrogen) atoms. The number of carbonyl (C=O) groups is 1. The maximum absolute atomic E-state index is 12.0. The third-order valence-electron chi connectivity index (χ3n) is 0.886. The Hall–Kier alpha value is -1.26. The number of hydrogen-bond donors (Lipinski definition) is 1. The van der Waals surface area contributed by atoms with Crippen LogP contribution in [0, 0.1) is 0 Å². The Kier molecular flexibility index (Phi) is 4.83. The van der Waals surface area contributed by atoms with E-state index in [-0.39, 0.29) is 0 Å². The fourth-order valence-electron chi connectivity index (χ4n) is 0.392. The lowest BCUT2D eigenvalue weighted by atomic mass is 10.3. The van der Waals surface area contributed by atoms with Crippen molar-refractivity contribution in [2.24, 2.45) is 0 Å². The monoisotopic (exact) mass is 180 g/mol. The summed E-state index contributed by atoms with van der Waals surface area (Å²) in [6, 6.07) is 0. The van der Waals surface area contributed by atoms with Crippen molar-refractivity contribution in [3.8, 4) is 0 Å². The molecule has 0 rings (SSSR count). The quantitative estimate of drug-likeness (QED) is 0.529. The van der Waals surface area contributed by atoms with Crippen molar-refractivity contribution in [2.45, 2.75) is 12.6 Å². The Morgan fingerprint density at radius 1 is 1.25 bits per heavy atom. The van der Waals surface area contributed by atoms with Crippen LogP contribution in [0.4, 0.5) is 13.2 Å². The lowest BCUT2D eigenvalue weighted by Crippen LogP contribution is -2.07. The summed E-state index contributed by atoms with van der Waals surface area (Å²) in [4.78, 5) is 9.82. The van der Waals surface area contributed by atoms with E-state index in [0.29, 0.717) is 12.2 Å². The molecule has 0 aliphatic carbocycles. The van der Waals surface area contributed by atoms with E-state index in [2.05, 4.69) is 0 Å². The molecular weight excluding hydrogens is 173 g/mol. The van der Waals surface area contributed by atoms with Crippen LogP contribution in [0.25, 0.3) is 0 Å². The van der Waals surface area contributed by atoms with Gasteiger partial charge in [-0.2, -0.15) is 0 Å². The average Bonchev–Trinajstić information content (AvgIpc) is 1.97. The number of carboxylic acid groups (broad SMARTS) is 1. The first kappa shape index (κ1) is 10.7. The first-order valence-corrected chi connectivity index (χ1v) is 3.04. The number of allylic oxidation sites excluding steroid dienone is 3. The van der Waals surface area contributed by atoms with E-state index < -0.39 is 18.6 Å². The van der Waals surface area contributed by atoms with Crippen LogP contribution in [0.15, 0.2) is 24.3 Å². The summed E-state index contributed by atoms with van der Waals surface area (Å²) in [7, 11) is 0. The van der Waals surface area contributed by atoms with Crippen molar-refractivity contribution in [3.63, 3.8) is 0 Å². The molecule has 0 amide bonds. The second-order valence-electron chi connectivity index (χ2n) is 1.86. The van der Waals surface area contributed by atoms with Gasteiger partial charge in [0.15, 0.2) is 6.17 Å². The van der Waals surface area contributed by atoms with Crippen molar-refractivity contribution < 1.29 is 23.1 Å². The third-order valence-corrected chi connectivity index (χ3v) is 0.886. The highest BCUT2D eigenvalue weighted by Gasteiger charge is 2.14. The molecule has 0 aliphatic heterocycles. The van der Waals surface area contributed by atoms with Gasteiger partial charge in [0, 0.05) is 6.08 Å². The molecule has 0 spiro atoms. The van der Waals surface area contributed by atoms with Crippen molar-refractivity contribution >= 4 is 5.97 Å². The first-order valence-electron chi connectivity index (χ1n) is 3.04. The second kappa shape index (κ2) is 5.40. The molecule has 5 heteroatoms. The van der Waals surface area contributed by atoms with Crippen LogP contribution in [-0.2, 0) is 4.79 Å². The molecule has 1 N–H and O–H groups in total. The summed E-state index contributed by atoms with van der Waals surface area (Å²) in [5.74, 6) is -1.22. The Labute approximate surface area is 67.0 Å². The zero-order valence-corrected chi connectivity index (χ0v) is 5.95. The summed E-state index contributed by atoms with van der Waals surface area (Å²) in [6.45, 7) is 0. The molecule has 1 unspecified atom stereocenters. The summed E-state index contributed by atoms with van der Waals surface area (Å²) >= 11 is 0. The van der Waals surface area contributed by atoms with Crippen LogP contribution in [-0.4, -0.2) is 23.7 Å². The predicted octanol–water partition coefficient (Wildman–Crippen LogP) is 1.79. The number of rotatable bonds is 4. The van der Waals surface area contributed by atoms with Gasteiger partial charge in [-0.1, -0.05) is 12.2 Å². The van der Waals surface area contributed by atoms with Crippen molar-refractivity contribution in [1.29, 1.82) is 0 Å². The normalized spacial score (nSPS) is 14.7. The van der Waals surface area contributed by atoms with Crippen LogP contribution in [0.1, 0.15) is 0 Å². The first-order chi connectivity index (χ1) is 5.54. The van der Waals surface area contributed by atoms with E-state index in [1.807, 2.05) is 0 Å². The average molecular weight is 180 g/mol. The lowest BCUT2D eigenvalue weighted by Gasteiger charge is -1.96. The van der Waals surface area contributed by atoms with E-state index in [9.17, 15) is 18.0 Å². The van der Waals surface area contributed by atoms with Gasteiger partial charge in [-0.25, -0.2) is 18.0 Å². The molecule has 0 saturated carbocycles. The van der Waals surface area contributed by atoms with E-state index >= 15 is 0 Å². The standard InChI is InChI=1S/C7H7F3O2/c8-5(7(9)10)3-1-2-4-6(11)12/h1-5,7H,(H,11,12). The summed E-state index contributed by atoms with van der Waals surface area (Å²) in [6.07, 6.45) is -2.22. The largest absolute Gasteiger partial charge is 0.478 e. The highest BCUT2D eigenvalue weighted by molar-refractivity contribution is 5.80. The zero-order chi connectivity index (χ0) is 9.56. The Balaban J connectivity index is 3.83. The van der Waals surface area contributed by atoms with E-state index in [1.165, 1.54) is 0 Å². The van der Waals surface area contributed by atoms with Crippen molar-refractivity contribution in [2.75, 3.05) is 0 Å². The Morgan fingerprint density at radius 2 is 1.83 bits per heavy atom. The molecule has 68 valence electrons. The van der Waals surface area contributed by atoms with Crippen molar-refractivity contribution in [1.82, 2.24) is 0 Å². The second-order valence-corrected chi connectivity index (χ2v) is 1.86. The van der Waals surface area contributed by atoms with Crippen LogP contribution >= 0.6 is 0 Å². The van der Waals surface area contributed by atoms with Gasteiger partial charge in [-0.15, -0.1) is 0 Å². The molecule has 0 aromatic heterocycles. The third kappa shape index (κ3) is 5.52. The Bertz CT molecular complexity index is 199. The van der Waals surface area contributed by atoms with E-state index in [1.54, 1.807) is 0 Å². The van der Waals surface area contributed by atoms with Gasteiger partial charge in [-0.05, 0) is 6.08 Å². The fourth-order valence-corrected chi connectivity index (χ4v) is 0.392. The minimum absolute atomic E-state index is 0.587. The number of halogens is 3. The van der Waals surface area contributed by atoms with Gasteiger partial charge < -0.3 is 5.11 Å². The van der Waals surface area contributed by atoms with Gasteiger partial charge in [0.1, 0.15) is 0 Å². The molecule has 0 fully saturated rings. The lowest BCUT2D eigenvalue weighted by molar-refractivity contribution is -0.131. The molecule has 0 heterocycles. The number of carboxylic acids is 1. The highest BCUT2D eigenvalue weighted by atomic mass is 19.3. The van der Waals surface area contributed by atoms with Crippen LogP contribution in [0.5, 0.6) is 0 Å². The molecule has 0 aromatic carbocycles. The van der Waals surface area contributed by atoms with E-state index in [4.69, 9.17) is 5.11 Å². The summed E-state index contributed by atoms with van der Waals surface area (Å²) in [5.41, 5.74) is 0. The molecule has 0 bridgehead atoms. The van der Waals surface area contributed by atoms with Crippen molar-refractivity contribution in [3.05, 3.63) is 24.3 Å². The maximum Gasteiger partial charge on any atom is 0.328 e. The number of hydrogen-bond acceptors (Lipinski definition) is 1. The molecule has 0 aliphatic rings. The van der Waals surface area contributed by atoms with Crippen LogP contribution in [0.3, 0.4) is 0 Å². The van der Waals surface area contributed by atoms with Gasteiger partial charge in [0.25, 0.3) is 6.43 Å². The van der Waals surface area contributed by atoms with Gasteiger partial charge in [0.2, 0.25) is 0 Å². The van der Waals surface area contributed by atoms with E-state index in [0.717, 1.165) is 12.2 Å². The predicted molar refractivity (Wildman–Crippen MR) is 36.8 cm³/mol. The molecule has 1 atom stereocenters.